The number of benzene rings is 2. The van der Waals surface area contributed by atoms with Crippen molar-refractivity contribution in [2.24, 2.45) is 5.10 Å². The number of nitrogens with one attached hydrogen (secondary N) is 1. The first-order valence-corrected chi connectivity index (χ1v) is 8.67. The lowest BCUT2D eigenvalue weighted by Crippen LogP contribution is -2.08. The maximum atomic E-state index is 12.7. The largest absolute Gasteiger partial charge is 0.490 e. The average molecular weight is 401 g/mol. The van der Waals surface area contributed by atoms with Crippen molar-refractivity contribution in [3.8, 4) is 11.5 Å². The van der Waals surface area contributed by atoms with E-state index in [9.17, 15) is 13.2 Å². The number of hydrogen-bond acceptors (Lipinski definition) is 4. The fourth-order valence-electron chi connectivity index (χ4n) is 2.22. The molecule has 0 saturated heterocycles. The number of halogens is 4. The third-order valence-electron chi connectivity index (χ3n) is 3.28. The smallest absolute Gasteiger partial charge is 0.416 e. The Morgan fingerprint density at radius 3 is 2.59 bits per heavy atom. The molecule has 0 spiro atoms. The number of anilines is 1. The summed E-state index contributed by atoms with van der Waals surface area (Å²) >= 11 is 6.27. The molecule has 4 nitrogen and oxygen atoms in total. The maximum absolute atomic E-state index is 12.7. The average Bonchev–Trinajstić information content (AvgIpc) is 2.57. The standard InChI is InChI=1S/C19H20ClF3N2O2/c1-4-26-17-9-13(8-16(20)18(17)27-12(2)3)11-24-25-15-7-5-6-14(10-15)19(21,22)23/h5-12,25H,4H2,1-3H3. The van der Waals surface area contributed by atoms with Gasteiger partial charge in [0.05, 0.1) is 35.2 Å². The Morgan fingerprint density at radius 1 is 1.22 bits per heavy atom. The van der Waals surface area contributed by atoms with Crippen molar-refractivity contribution in [3.05, 3.63) is 52.5 Å². The van der Waals surface area contributed by atoms with Crippen LogP contribution in [0.5, 0.6) is 11.5 Å². The molecule has 0 aliphatic heterocycles. The Balaban J connectivity index is 2.19. The zero-order valence-electron chi connectivity index (χ0n) is 15.1. The maximum Gasteiger partial charge on any atom is 0.416 e. The van der Waals surface area contributed by atoms with Crippen LogP contribution in [0.25, 0.3) is 0 Å². The summed E-state index contributed by atoms with van der Waals surface area (Å²) in [5, 5.41) is 4.33. The van der Waals surface area contributed by atoms with Gasteiger partial charge in [0, 0.05) is 0 Å². The lowest BCUT2D eigenvalue weighted by molar-refractivity contribution is -0.137. The fraction of sp³-hybridized carbons (Fsp3) is 0.316. The predicted octanol–water partition coefficient (Wildman–Crippen LogP) is 5.99. The molecule has 146 valence electrons. The molecule has 0 aliphatic rings. The van der Waals surface area contributed by atoms with Crippen LogP contribution in [0.1, 0.15) is 31.9 Å². The van der Waals surface area contributed by atoms with Gasteiger partial charge < -0.3 is 9.47 Å². The molecule has 0 radical (unpaired) electrons. The number of alkyl halides is 3. The highest BCUT2D eigenvalue weighted by Crippen LogP contribution is 2.37. The lowest BCUT2D eigenvalue weighted by Gasteiger charge is -2.16. The number of hydrogen-bond donors (Lipinski definition) is 1. The molecule has 2 aromatic rings. The van der Waals surface area contributed by atoms with Crippen molar-refractivity contribution in [1.82, 2.24) is 0 Å². The first-order chi connectivity index (χ1) is 12.7. The molecule has 0 heterocycles. The van der Waals surface area contributed by atoms with Gasteiger partial charge in [-0.2, -0.15) is 18.3 Å². The van der Waals surface area contributed by atoms with Crippen LogP contribution in [0, 0.1) is 0 Å². The summed E-state index contributed by atoms with van der Waals surface area (Å²) in [7, 11) is 0. The van der Waals surface area contributed by atoms with Crippen molar-refractivity contribution >= 4 is 23.5 Å². The Labute approximate surface area is 160 Å². The molecule has 0 amide bonds. The van der Waals surface area contributed by atoms with Gasteiger partial charge in [-0.25, -0.2) is 0 Å². The number of hydrazone groups is 1. The minimum absolute atomic E-state index is 0.0798. The van der Waals surface area contributed by atoms with Crippen LogP contribution in [0.4, 0.5) is 18.9 Å². The van der Waals surface area contributed by atoms with Gasteiger partial charge in [-0.05, 0) is 56.7 Å². The zero-order valence-corrected chi connectivity index (χ0v) is 15.9. The van der Waals surface area contributed by atoms with E-state index in [-0.39, 0.29) is 11.8 Å². The van der Waals surface area contributed by atoms with E-state index < -0.39 is 11.7 Å². The fourth-order valence-corrected chi connectivity index (χ4v) is 2.49. The topological polar surface area (TPSA) is 42.8 Å². The molecule has 0 unspecified atom stereocenters. The van der Waals surface area contributed by atoms with Crippen molar-refractivity contribution in [2.45, 2.75) is 33.1 Å². The van der Waals surface area contributed by atoms with Gasteiger partial charge in [0.25, 0.3) is 0 Å². The van der Waals surface area contributed by atoms with E-state index in [4.69, 9.17) is 21.1 Å². The summed E-state index contributed by atoms with van der Waals surface area (Å²) in [6.45, 7) is 6.01. The molecule has 1 N–H and O–H groups in total. The third-order valence-corrected chi connectivity index (χ3v) is 3.56. The second kappa shape index (κ2) is 8.99. The highest BCUT2D eigenvalue weighted by Gasteiger charge is 2.30. The summed E-state index contributed by atoms with van der Waals surface area (Å²) in [4.78, 5) is 0. The molecule has 27 heavy (non-hydrogen) atoms. The van der Waals surface area contributed by atoms with Crippen molar-refractivity contribution in [3.63, 3.8) is 0 Å². The second-order valence-electron chi connectivity index (χ2n) is 5.88. The molecular weight excluding hydrogens is 381 g/mol. The SMILES string of the molecule is CCOc1cc(C=NNc2cccc(C(F)(F)F)c2)cc(Cl)c1OC(C)C. The first-order valence-electron chi connectivity index (χ1n) is 8.30. The van der Waals surface area contributed by atoms with Gasteiger partial charge in [-0.15, -0.1) is 0 Å². The van der Waals surface area contributed by atoms with Gasteiger partial charge in [0.15, 0.2) is 11.5 Å². The normalized spacial score (nSPS) is 11.9. The molecule has 0 aromatic heterocycles. The van der Waals surface area contributed by atoms with E-state index in [0.717, 1.165) is 12.1 Å². The molecule has 0 atom stereocenters. The van der Waals surface area contributed by atoms with E-state index >= 15 is 0 Å². The third kappa shape index (κ3) is 6.06. The molecule has 0 bridgehead atoms. The zero-order chi connectivity index (χ0) is 20.0. The summed E-state index contributed by atoms with van der Waals surface area (Å²) < 4.78 is 49.5. The Bertz CT molecular complexity index is 808. The lowest BCUT2D eigenvalue weighted by atomic mass is 10.2. The monoisotopic (exact) mass is 400 g/mol. The molecule has 2 rings (SSSR count). The van der Waals surface area contributed by atoms with Crippen LogP contribution in [-0.4, -0.2) is 18.9 Å². The van der Waals surface area contributed by atoms with E-state index in [1.165, 1.54) is 18.3 Å². The van der Waals surface area contributed by atoms with E-state index in [1.807, 2.05) is 20.8 Å². The van der Waals surface area contributed by atoms with Gasteiger partial charge >= 0.3 is 6.18 Å². The van der Waals surface area contributed by atoms with Crippen molar-refractivity contribution in [2.75, 3.05) is 12.0 Å². The Kier molecular flexibility index (Phi) is 6.96. The van der Waals surface area contributed by atoms with Crippen LogP contribution in [0.2, 0.25) is 5.02 Å². The van der Waals surface area contributed by atoms with Gasteiger partial charge in [-0.3, -0.25) is 5.43 Å². The Hall–Kier alpha value is -2.41. The van der Waals surface area contributed by atoms with E-state index in [1.54, 1.807) is 12.1 Å². The Morgan fingerprint density at radius 2 is 1.96 bits per heavy atom. The second-order valence-corrected chi connectivity index (χ2v) is 6.29. The van der Waals surface area contributed by atoms with Crippen LogP contribution in [0.15, 0.2) is 41.5 Å². The van der Waals surface area contributed by atoms with Crippen LogP contribution < -0.4 is 14.9 Å². The van der Waals surface area contributed by atoms with Gasteiger partial charge in [0.1, 0.15) is 0 Å². The first kappa shape index (κ1) is 20.9. The number of nitrogens with zero attached hydrogens (tertiary/aromatic N) is 1. The molecule has 0 saturated carbocycles. The van der Waals surface area contributed by atoms with Crippen molar-refractivity contribution < 1.29 is 22.6 Å². The number of ether oxygens (including phenoxy) is 2. The molecule has 2 aromatic carbocycles. The summed E-state index contributed by atoms with van der Waals surface area (Å²) in [5.41, 5.74) is 2.66. The van der Waals surface area contributed by atoms with Gasteiger partial charge in [0.2, 0.25) is 0 Å². The molecule has 0 aliphatic carbocycles. The van der Waals surface area contributed by atoms with Gasteiger partial charge in [-0.1, -0.05) is 17.7 Å². The highest BCUT2D eigenvalue weighted by molar-refractivity contribution is 6.32. The summed E-state index contributed by atoms with van der Waals surface area (Å²) in [6, 6.07) is 8.11. The van der Waals surface area contributed by atoms with Crippen molar-refractivity contribution in [1.29, 1.82) is 0 Å². The number of rotatable bonds is 7. The quantitative estimate of drug-likeness (QED) is 0.458. The highest BCUT2D eigenvalue weighted by atomic mass is 35.5. The predicted molar refractivity (Wildman–Crippen MR) is 101 cm³/mol. The minimum Gasteiger partial charge on any atom is -0.490 e. The summed E-state index contributed by atoms with van der Waals surface area (Å²) in [6.07, 6.45) is -3.05. The summed E-state index contributed by atoms with van der Waals surface area (Å²) in [5.74, 6) is 0.913. The molecular formula is C19H20ClF3N2O2. The van der Waals surface area contributed by atoms with Crippen LogP contribution in [-0.2, 0) is 6.18 Å². The van der Waals surface area contributed by atoms with E-state index in [0.29, 0.717) is 28.7 Å². The minimum atomic E-state index is -4.41. The molecule has 8 heteroatoms. The van der Waals surface area contributed by atoms with E-state index in [2.05, 4.69) is 10.5 Å². The molecule has 0 fully saturated rings. The van der Waals surface area contributed by atoms with Crippen LogP contribution in [0.3, 0.4) is 0 Å². The van der Waals surface area contributed by atoms with Crippen LogP contribution >= 0.6 is 11.6 Å².